The first kappa shape index (κ1) is 23.2. The average Bonchev–Trinajstić information content (AvgIpc) is 3.09. The Morgan fingerprint density at radius 2 is 0.800 bits per heavy atom. The smallest absolute Gasteiger partial charge is 0.166 e. The second kappa shape index (κ2) is 8.29. The maximum atomic E-state index is 13.1. The van der Waals surface area contributed by atoms with Crippen LogP contribution >= 0.6 is 0 Å². The quantitative estimate of drug-likeness (QED) is 0.256. The van der Waals surface area contributed by atoms with Crippen molar-refractivity contribution in [1.82, 2.24) is 0 Å². The van der Waals surface area contributed by atoms with Crippen LogP contribution in [0, 0.1) is 0 Å². The van der Waals surface area contributed by atoms with Gasteiger partial charge in [-0.05, 0) is 70.5 Å². The molecular formula is C29H20F6. The summed E-state index contributed by atoms with van der Waals surface area (Å²) in [6, 6.07) is 26.0. The van der Waals surface area contributed by atoms with Crippen LogP contribution in [0.2, 0.25) is 0 Å². The van der Waals surface area contributed by atoms with Gasteiger partial charge in [0.2, 0.25) is 0 Å². The van der Waals surface area contributed by atoms with Gasteiger partial charge in [0, 0.05) is 5.41 Å². The van der Waals surface area contributed by atoms with E-state index in [4.69, 9.17) is 0 Å². The van der Waals surface area contributed by atoms with Crippen LogP contribution in [-0.4, -0.2) is 0 Å². The highest BCUT2D eigenvalue weighted by molar-refractivity contribution is 5.81. The van der Waals surface area contributed by atoms with Crippen LogP contribution in [0.4, 0.5) is 26.3 Å². The molecule has 0 N–H and O–H groups in total. The van der Waals surface area contributed by atoms with Gasteiger partial charge in [0.15, 0.2) is 0 Å². The van der Waals surface area contributed by atoms with Crippen molar-refractivity contribution in [2.45, 2.75) is 30.6 Å². The third-order valence-corrected chi connectivity index (χ3v) is 6.75. The Kier molecular flexibility index (Phi) is 5.50. The minimum absolute atomic E-state index is 0.403. The molecule has 0 bridgehead atoms. The van der Waals surface area contributed by atoms with Gasteiger partial charge in [-0.2, -0.15) is 26.3 Å². The highest BCUT2D eigenvalue weighted by Gasteiger charge is 2.43. The molecule has 0 aliphatic heterocycles. The second-order valence-electron chi connectivity index (χ2n) is 8.92. The molecule has 5 rings (SSSR count). The summed E-state index contributed by atoms with van der Waals surface area (Å²) < 4.78 is 78.7. The molecule has 0 saturated carbocycles. The molecular weight excluding hydrogens is 462 g/mol. The van der Waals surface area contributed by atoms with Crippen LogP contribution in [-0.2, 0) is 30.6 Å². The van der Waals surface area contributed by atoms with Crippen molar-refractivity contribution in [3.63, 3.8) is 0 Å². The molecule has 178 valence electrons. The van der Waals surface area contributed by atoms with Crippen molar-refractivity contribution in [2.24, 2.45) is 0 Å². The first-order valence-electron chi connectivity index (χ1n) is 11.1. The summed E-state index contributed by atoms with van der Waals surface area (Å²) in [7, 11) is 0. The zero-order valence-corrected chi connectivity index (χ0v) is 18.4. The molecule has 6 heteroatoms. The average molecular weight is 482 g/mol. The van der Waals surface area contributed by atoms with E-state index in [0.29, 0.717) is 12.8 Å². The first-order valence-corrected chi connectivity index (χ1v) is 11.1. The van der Waals surface area contributed by atoms with Gasteiger partial charge in [-0.25, -0.2) is 0 Å². The zero-order valence-electron chi connectivity index (χ0n) is 18.4. The lowest BCUT2D eigenvalue weighted by Crippen LogP contribution is -2.31. The Morgan fingerprint density at radius 1 is 0.457 bits per heavy atom. The fraction of sp³-hybridized carbons (Fsp3) is 0.172. The Bertz CT molecular complexity index is 1240. The molecule has 0 unspecified atom stereocenters. The van der Waals surface area contributed by atoms with Crippen molar-refractivity contribution in [1.29, 1.82) is 0 Å². The number of hydrogen-bond acceptors (Lipinski definition) is 0. The van der Waals surface area contributed by atoms with E-state index in [9.17, 15) is 26.3 Å². The van der Waals surface area contributed by atoms with Gasteiger partial charge in [-0.1, -0.05) is 72.8 Å². The summed E-state index contributed by atoms with van der Waals surface area (Å²) in [4.78, 5) is 0. The molecule has 0 nitrogen and oxygen atoms in total. The Hall–Kier alpha value is -3.54. The molecule has 0 saturated heterocycles. The summed E-state index contributed by atoms with van der Waals surface area (Å²) >= 11 is 0. The van der Waals surface area contributed by atoms with Gasteiger partial charge in [-0.15, -0.1) is 0 Å². The molecule has 4 aromatic rings. The molecule has 0 amide bonds. The number of hydrogen-bond donors (Lipinski definition) is 0. The van der Waals surface area contributed by atoms with Gasteiger partial charge >= 0.3 is 12.4 Å². The molecule has 4 aromatic carbocycles. The predicted octanol–water partition coefficient (Wildman–Crippen LogP) is 8.48. The van der Waals surface area contributed by atoms with E-state index in [1.165, 1.54) is 24.3 Å². The van der Waals surface area contributed by atoms with Crippen LogP contribution in [0.1, 0.15) is 33.4 Å². The number of benzene rings is 4. The maximum absolute atomic E-state index is 13.1. The lowest BCUT2D eigenvalue weighted by molar-refractivity contribution is -0.138. The third kappa shape index (κ3) is 4.22. The topological polar surface area (TPSA) is 0 Å². The zero-order chi connectivity index (χ0) is 24.8. The fourth-order valence-electron chi connectivity index (χ4n) is 5.18. The highest BCUT2D eigenvalue weighted by atomic mass is 19.4. The Balaban J connectivity index is 1.63. The van der Waals surface area contributed by atoms with E-state index in [2.05, 4.69) is 0 Å². The summed E-state index contributed by atoms with van der Waals surface area (Å²) in [5.74, 6) is 0. The van der Waals surface area contributed by atoms with Crippen LogP contribution in [0.15, 0.2) is 97.1 Å². The first-order chi connectivity index (χ1) is 16.6. The van der Waals surface area contributed by atoms with Gasteiger partial charge < -0.3 is 0 Å². The van der Waals surface area contributed by atoms with E-state index in [0.717, 1.165) is 57.6 Å². The maximum Gasteiger partial charge on any atom is 0.416 e. The van der Waals surface area contributed by atoms with Crippen molar-refractivity contribution >= 4 is 0 Å². The number of fused-ring (bicyclic) bond motifs is 3. The molecule has 0 radical (unpaired) electrons. The van der Waals surface area contributed by atoms with E-state index in [-0.39, 0.29) is 0 Å². The lowest BCUT2D eigenvalue weighted by atomic mass is 9.69. The standard InChI is InChI=1S/C29H20F6/c30-28(31,32)21-13-9-19(10-14-21)17-27(18-20-11-15-22(16-12-20)29(33,34)35)25-7-3-1-5-23(25)24-6-2-4-8-26(24)27/h1-16H,17-18H2. The summed E-state index contributed by atoms with van der Waals surface area (Å²) in [5.41, 5.74) is 3.45. The van der Waals surface area contributed by atoms with Crippen molar-refractivity contribution in [2.75, 3.05) is 0 Å². The minimum atomic E-state index is -4.43. The van der Waals surface area contributed by atoms with E-state index in [1.807, 2.05) is 48.5 Å². The third-order valence-electron chi connectivity index (χ3n) is 6.75. The molecule has 0 atom stereocenters. The second-order valence-corrected chi connectivity index (χ2v) is 8.92. The molecule has 35 heavy (non-hydrogen) atoms. The molecule has 1 aliphatic carbocycles. The van der Waals surface area contributed by atoms with Gasteiger partial charge in [0.05, 0.1) is 11.1 Å². The van der Waals surface area contributed by atoms with Gasteiger partial charge in [0.1, 0.15) is 0 Å². The van der Waals surface area contributed by atoms with E-state index in [1.54, 1.807) is 0 Å². The molecule has 0 heterocycles. The van der Waals surface area contributed by atoms with Gasteiger partial charge in [0.25, 0.3) is 0 Å². The minimum Gasteiger partial charge on any atom is -0.166 e. The van der Waals surface area contributed by atoms with Crippen LogP contribution in [0.25, 0.3) is 11.1 Å². The summed E-state index contributed by atoms with van der Waals surface area (Å²) in [6.45, 7) is 0. The largest absolute Gasteiger partial charge is 0.416 e. The predicted molar refractivity (Wildman–Crippen MR) is 123 cm³/mol. The van der Waals surface area contributed by atoms with Crippen molar-refractivity contribution < 1.29 is 26.3 Å². The SMILES string of the molecule is FC(F)(F)c1ccc(CC2(Cc3ccc(C(F)(F)F)cc3)c3ccccc3-c3ccccc32)cc1. The van der Waals surface area contributed by atoms with Crippen molar-refractivity contribution in [3.8, 4) is 11.1 Å². The Labute approximate surface area is 198 Å². The molecule has 0 fully saturated rings. The number of halogens is 6. The van der Waals surface area contributed by atoms with E-state index >= 15 is 0 Å². The highest BCUT2D eigenvalue weighted by Crippen LogP contribution is 2.52. The normalized spacial score (nSPS) is 14.5. The lowest BCUT2D eigenvalue weighted by Gasteiger charge is -2.33. The molecule has 1 aliphatic rings. The monoisotopic (exact) mass is 482 g/mol. The van der Waals surface area contributed by atoms with Crippen LogP contribution in [0.3, 0.4) is 0 Å². The van der Waals surface area contributed by atoms with Crippen LogP contribution in [0.5, 0.6) is 0 Å². The Morgan fingerprint density at radius 3 is 1.14 bits per heavy atom. The van der Waals surface area contributed by atoms with Crippen LogP contribution < -0.4 is 0 Å². The van der Waals surface area contributed by atoms with E-state index < -0.39 is 28.9 Å². The van der Waals surface area contributed by atoms with Gasteiger partial charge in [-0.3, -0.25) is 0 Å². The van der Waals surface area contributed by atoms with Crippen molar-refractivity contribution in [3.05, 3.63) is 130 Å². The summed E-state index contributed by atoms with van der Waals surface area (Å²) in [6.07, 6.45) is -8.05. The summed E-state index contributed by atoms with van der Waals surface area (Å²) in [5, 5.41) is 0. The molecule has 0 spiro atoms. The number of rotatable bonds is 4. The fourth-order valence-corrected chi connectivity index (χ4v) is 5.18. The number of alkyl halides is 6. The molecule has 0 aromatic heterocycles.